The van der Waals surface area contributed by atoms with E-state index in [-0.39, 0.29) is 12.5 Å². The van der Waals surface area contributed by atoms with Crippen molar-refractivity contribution in [2.45, 2.75) is 57.5 Å². The molecule has 1 aromatic rings. The number of aryl methyl sites for hydroxylation is 1. The number of carboxylic acid groups (broad SMARTS) is 1. The van der Waals surface area contributed by atoms with E-state index in [4.69, 9.17) is 14.4 Å². The van der Waals surface area contributed by atoms with Gasteiger partial charge < -0.3 is 14.4 Å². The highest BCUT2D eigenvalue weighted by molar-refractivity contribution is 5.66. The standard InChI is InChI=1S/C13H20N2O4/c16-13(17)7-2-1-6-12-14-11(15-19-12)9-10-5-3-4-8-18-10/h10H,1-9H2,(H,16,17). The summed E-state index contributed by atoms with van der Waals surface area (Å²) in [7, 11) is 0. The monoisotopic (exact) mass is 268 g/mol. The van der Waals surface area contributed by atoms with Crippen LogP contribution in [-0.4, -0.2) is 33.9 Å². The SMILES string of the molecule is O=C(O)CCCCc1nc(CC2CCCCO2)no1. The number of hydrogen-bond donors (Lipinski definition) is 1. The van der Waals surface area contributed by atoms with Crippen LogP contribution in [0.15, 0.2) is 4.52 Å². The first-order valence-corrected chi connectivity index (χ1v) is 6.89. The van der Waals surface area contributed by atoms with Crippen LogP contribution in [-0.2, 0) is 22.4 Å². The van der Waals surface area contributed by atoms with Crippen LogP contribution in [0, 0.1) is 0 Å². The van der Waals surface area contributed by atoms with E-state index >= 15 is 0 Å². The second kappa shape index (κ2) is 7.23. The first-order chi connectivity index (χ1) is 9.24. The minimum Gasteiger partial charge on any atom is -0.481 e. The average molecular weight is 268 g/mol. The van der Waals surface area contributed by atoms with E-state index in [1.807, 2.05) is 0 Å². The Hall–Kier alpha value is -1.43. The summed E-state index contributed by atoms with van der Waals surface area (Å²) in [4.78, 5) is 14.7. The lowest BCUT2D eigenvalue weighted by Gasteiger charge is -2.20. The molecule has 1 saturated heterocycles. The lowest BCUT2D eigenvalue weighted by Crippen LogP contribution is -2.21. The van der Waals surface area contributed by atoms with Gasteiger partial charge in [-0.15, -0.1) is 0 Å². The summed E-state index contributed by atoms with van der Waals surface area (Å²) in [5.41, 5.74) is 0. The van der Waals surface area contributed by atoms with Gasteiger partial charge >= 0.3 is 5.97 Å². The molecule has 0 aromatic carbocycles. The maximum absolute atomic E-state index is 10.4. The predicted molar refractivity (Wildman–Crippen MR) is 66.8 cm³/mol. The Balaban J connectivity index is 1.70. The summed E-state index contributed by atoms with van der Waals surface area (Å²) in [5.74, 6) is 0.525. The zero-order valence-corrected chi connectivity index (χ0v) is 11.0. The molecule has 1 fully saturated rings. The number of aromatic nitrogens is 2. The Morgan fingerprint density at radius 1 is 1.37 bits per heavy atom. The largest absolute Gasteiger partial charge is 0.481 e. The Kier molecular flexibility index (Phi) is 5.32. The van der Waals surface area contributed by atoms with Crippen molar-refractivity contribution in [3.8, 4) is 0 Å². The Morgan fingerprint density at radius 2 is 2.26 bits per heavy atom. The number of aliphatic carboxylic acids is 1. The molecule has 1 aromatic heterocycles. The third kappa shape index (κ3) is 4.98. The molecular weight excluding hydrogens is 248 g/mol. The smallest absolute Gasteiger partial charge is 0.303 e. The number of carbonyl (C=O) groups is 1. The summed E-state index contributed by atoms with van der Waals surface area (Å²) in [6.07, 6.45) is 6.55. The molecule has 2 heterocycles. The van der Waals surface area contributed by atoms with E-state index < -0.39 is 5.97 Å². The molecule has 19 heavy (non-hydrogen) atoms. The molecule has 6 heteroatoms. The second-order valence-corrected chi connectivity index (χ2v) is 4.90. The van der Waals surface area contributed by atoms with Crippen LogP contribution in [0.2, 0.25) is 0 Å². The fourth-order valence-corrected chi connectivity index (χ4v) is 2.20. The van der Waals surface area contributed by atoms with Gasteiger partial charge in [0.1, 0.15) is 0 Å². The maximum Gasteiger partial charge on any atom is 0.303 e. The molecule has 0 bridgehead atoms. The lowest BCUT2D eigenvalue weighted by molar-refractivity contribution is -0.137. The van der Waals surface area contributed by atoms with Gasteiger partial charge in [0.05, 0.1) is 6.10 Å². The fourth-order valence-electron chi connectivity index (χ4n) is 2.20. The van der Waals surface area contributed by atoms with Crippen LogP contribution >= 0.6 is 0 Å². The molecule has 1 N–H and O–H groups in total. The van der Waals surface area contributed by atoms with E-state index in [0.29, 0.717) is 31.0 Å². The lowest BCUT2D eigenvalue weighted by atomic mass is 10.1. The van der Waals surface area contributed by atoms with E-state index in [1.54, 1.807) is 0 Å². The summed E-state index contributed by atoms with van der Waals surface area (Å²) in [6.45, 7) is 0.824. The van der Waals surface area contributed by atoms with Crippen molar-refractivity contribution < 1.29 is 19.2 Å². The summed E-state index contributed by atoms with van der Waals surface area (Å²) < 4.78 is 10.8. The molecule has 2 rings (SSSR count). The van der Waals surface area contributed by atoms with Crippen LogP contribution < -0.4 is 0 Å². The number of hydrogen-bond acceptors (Lipinski definition) is 5. The van der Waals surface area contributed by atoms with Gasteiger partial charge in [-0.25, -0.2) is 0 Å². The van der Waals surface area contributed by atoms with Crippen LogP contribution in [0.1, 0.15) is 50.2 Å². The Bertz CT molecular complexity index is 399. The van der Waals surface area contributed by atoms with Gasteiger partial charge in [-0.3, -0.25) is 4.79 Å². The maximum atomic E-state index is 10.4. The molecule has 0 aliphatic carbocycles. The molecule has 1 unspecified atom stereocenters. The first kappa shape index (κ1) is 14.0. The quantitative estimate of drug-likeness (QED) is 0.761. The van der Waals surface area contributed by atoms with Gasteiger partial charge in [0.15, 0.2) is 5.82 Å². The van der Waals surface area contributed by atoms with Crippen LogP contribution in [0.4, 0.5) is 0 Å². The van der Waals surface area contributed by atoms with Gasteiger partial charge in [0, 0.05) is 25.9 Å². The van der Waals surface area contributed by atoms with Crippen molar-refractivity contribution in [1.82, 2.24) is 10.1 Å². The second-order valence-electron chi connectivity index (χ2n) is 4.90. The molecular formula is C13H20N2O4. The van der Waals surface area contributed by atoms with E-state index in [0.717, 1.165) is 25.9 Å². The highest BCUT2D eigenvalue weighted by Gasteiger charge is 2.17. The topological polar surface area (TPSA) is 85.5 Å². The van der Waals surface area contributed by atoms with Gasteiger partial charge in [0.25, 0.3) is 0 Å². The molecule has 0 amide bonds. The zero-order valence-electron chi connectivity index (χ0n) is 11.0. The number of nitrogens with zero attached hydrogens (tertiary/aromatic N) is 2. The molecule has 0 spiro atoms. The van der Waals surface area contributed by atoms with Crippen molar-refractivity contribution in [2.24, 2.45) is 0 Å². The van der Waals surface area contributed by atoms with Crippen molar-refractivity contribution in [2.75, 3.05) is 6.61 Å². The molecule has 0 radical (unpaired) electrons. The summed E-state index contributed by atoms with van der Waals surface area (Å²) >= 11 is 0. The van der Waals surface area contributed by atoms with Gasteiger partial charge in [0.2, 0.25) is 5.89 Å². The van der Waals surface area contributed by atoms with Gasteiger partial charge in [-0.1, -0.05) is 5.16 Å². The van der Waals surface area contributed by atoms with E-state index in [9.17, 15) is 4.79 Å². The molecule has 1 aliphatic heterocycles. The predicted octanol–water partition coefficient (Wildman–Crippen LogP) is 1.98. The molecule has 1 atom stereocenters. The first-order valence-electron chi connectivity index (χ1n) is 6.89. The van der Waals surface area contributed by atoms with Crippen molar-refractivity contribution in [3.05, 3.63) is 11.7 Å². The fraction of sp³-hybridized carbons (Fsp3) is 0.769. The number of carboxylic acids is 1. The third-order valence-electron chi connectivity index (χ3n) is 3.23. The summed E-state index contributed by atoms with van der Waals surface area (Å²) in [5, 5.41) is 12.5. The van der Waals surface area contributed by atoms with Gasteiger partial charge in [-0.05, 0) is 32.1 Å². The third-order valence-corrected chi connectivity index (χ3v) is 3.23. The minimum absolute atomic E-state index is 0.191. The molecule has 106 valence electrons. The number of rotatable bonds is 7. The Morgan fingerprint density at radius 3 is 3.00 bits per heavy atom. The minimum atomic E-state index is -0.763. The summed E-state index contributed by atoms with van der Waals surface area (Å²) in [6, 6.07) is 0. The number of ether oxygens (including phenoxy) is 1. The number of unbranched alkanes of at least 4 members (excludes halogenated alkanes) is 1. The van der Waals surface area contributed by atoms with E-state index in [2.05, 4.69) is 10.1 Å². The van der Waals surface area contributed by atoms with Crippen molar-refractivity contribution in [3.63, 3.8) is 0 Å². The molecule has 1 aliphatic rings. The van der Waals surface area contributed by atoms with Gasteiger partial charge in [-0.2, -0.15) is 4.98 Å². The zero-order chi connectivity index (χ0) is 13.5. The van der Waals surface area contributed by atoms with Crippen LogP contribution in [0.3, 0.4) is 0 Å². The van der Waals surface area contributed by atoms with Crippen LogP contribution in [0.25, 0.3) is 0 Å². The Labute approximate surface area is 112 Å². The normalized spacial score (nSPS) is 19.5. The van der Waals surface area contributed by atoms with Crippen LogP contribution in [0.5, 0.6) is 0 Å². The molecule has 6 nitrogen and oxygen atoms in total. The highest BCUT2D eigenvalue weighted by Crippen LogP contribution is 2.16. The van der Waals surface area contributed by atoms with Crippen molar-refractivity contribution >= 4 is 5.97 Å². The molecule has 0 saturated carbocycles. The average Bonchev–Trinajstić information content (AvgIpc) is 2.83. The van der Waals surface area contributed by atoms with E-state index in [1.165, 1.54) is 6.42 Å². The highest BCUT2D eigenvalue weighted by atomic mass is 16.5. The van der Waals surface area contributed by atoms with Crippen molar-refractivity contribution in [1.29, 1.82) is 0 Å².